The molecule has 0 spiro atoms. The Hall–Kier alpha value is -2.10. The molecule has 2 rings (SSSR count). The fourth-order valence-electron chi connectivity index (χ4n) is 1.74. The van der Waals surface area contributed by atoms with Crippen LogP contribution in [0.4, 0.5) is 0 Å². The van der Waals surface area contributed by atoms with Gasteiger partial charge >= 0.3 is 0 Å². The van der Waals surface area contributed by atoms with E-state index < -0.39 is 0 Å². The van der Waals surface area contributed by atoms with Gasteiger partial charge in [-0.3, -0.25) is 9.89 Å². The average Bonchev–Trinajstić information content (AvgIpc) is 2.72. The van der Waals surface area contributed by atoms with Gasteiger partial charge in [0, 0.05) is 11.4 Å². The predicted molar refractivity (Wildman–Crippen MR) is 67.8 cm³/mol. The molecule has 1 aromatic carbocycles. The van der Waals surface area contributed by atoms with Crippen LogP contribution in [-0.2, 0) is 0 Å². The lowest BCUT2D eigenvalue weighted by Crippen LogP contribution is -2.32. The second-order valence-electron chi connectivity index (χ2n) is 4.02. The van der Waals surface area contributed by atoms with Crippen molar-refractivity contribution in [3.8, 4) is 0 Å². The molecule has 1 atom stereocenters. The number of rotatable bonds is 4. The Morgan fingerprint density at radius 3 is 3.12 bits per heavy atom. The number of fused-ring (bicyclic) bond motifs is 1. The van der Waals surface area contributed by atoms with Crippen LogP contribution in [0.2, 0.25) is 0 Å². The SMILES string of the molecule is C=CCC(C)NC(=O)c1n[nH]c2ccccc12. The molecule has 1 amide bonds. The quantitative estimate of drug-likeness (QED) is 0.790. The first-order valence-electron chi connectivity index (χ1n) is 5.57. The number of aromatic amines is 1. The third-order valence-corrected chi connectivity index (χ3v) is 2.58. The Balaban J connectivity index is 2.22. The highest BCUT2D eigenvalue weighted by Crippen LogP contribution is 2.14. The van der Waals surface area contributed by atoms with Crippen molar-refractivity contribution in [3.63, 3.8) is 0 Å². The van der Waals surface area contributed by atoms with Crippen LogP contribution in [0.5, 0.6) is 0 Å². The lowest BCUT2D eigenvalue weighted by molar-refractivity contribution is 0.0937. The minimum Gasteiger partial charge on any atom is -0.348 e. The summed E-state index contributed by atoms with van der Waals surface area (Å²) in [5, 5.41) is 10.6. The monoisotopic (exact) mass is 229 g/mol. The van der Waals surface area contributed by atoms with Gasteiger partial charge in [-0.2, -0.15) is 5.10 Å². The summed E-state index contributed by atoms with van der Waals surface area (Å²) in [6, 6.07) is 7.64. The number of nitrogens with one attached hydrogen (secondary N) is 2. The van der Waals surface area contributed by atoms with E-state index in [1.165, 1.54) is 0 Å². The summed E-state index contributed by atoms with van der Waals surface area (Å²) >= 11 is 0. The first kappa shape index (κ1) is 11.4. The van der Waals surface area contributed by atoms with Gasteiger partial charge in [-0.25, -0.2) is 0 Å². The largest absolute Gasteiger partial charge is 0.348 e. The summed E-state index contributed by atoms with van der Waals surface area (Å²) in [7, 11) is 0. The molecule has 4 heteroatoms. The summed E-state index contributed by atoms with van der Waals surface area (Å²) < 4.78 is 0. The van der Waals surface area contributed by atoms with Gasteiger partial charge in [0.15, 0.2) is 5.69 Å². The van der Waals surface area contributed by atoms with Crippen molar-refractivity contribution in [2.24, 2.45) is 0 Å². The van der Waals surface area contributed by atoms with E-state index in [1.54, 1.807) is 6.08 Å². The van der Waals surface area contributed by atoms with Gasteiger partial charge in [0.25, 0.3) is 5.91 Å². The molecule has 0 aliphatic rings. The third kappa shape index (κ3) is 2.36. The summed E-state index contributed by atoms with van der Waals surface area (Å²) in [6.07, 6.45) is 2.53. The summed E-state index contributed by atoms with van der Waals surface area (Å²) in [5.41, 5.74) is 1.31. The molecule has 0 aliphatic heterocycles. The van der Waals surface area contributed by atoms with Crippen molar-refractivity contribution >= 4 is 16.8 Å². The number of hydrogen-bond donors (Lipinski definition) is 2. The van der Waals surface area contributed by atoms with Gasteiger partial charge < -0.3 is 5.32 Å². The van der Waals surface area contributed by atoms with E-state index >= 15 is 0 Å². The Morgan fingerprint density at radius 2 is 2.35 bits per heavy atom. The topological polar surface area (TPSA) is 57.8 Å². The Labute approximate surface area is 99.7 Å². The predicted octanol–water partition coefficient (Wildman–Crippen LogP) is 2.26. The maximum absolute atomic E-state index is 12.0. The molecule has 88 valence electrons. The maximum atomic E-state index is 12.0. The number of amides is 1. The van der Waals surface area contributed by atoms with Crippen molar-refractivity contribution in [3.05, 3.63) is 42.6 Å². The van der Waals surface area contributed by atoms with Crippen LogP contribution >= 0.6 is 0 Å². The molecule has 0 radical (unpaired) electrons. The molecule has 1 unspecified atom stereocenters. The van der Waals surface area contributed by atoms with E-state index in [0.717, 1.165) is 17.3 Å². The Morgan fingerprint density at radius 1 is 1.59 bits per heavy atom. The summed E-state index contributed by atoms with van der Waals surface area (Å²) in [6.45, 7) is 5.59. The van der Waals surface area contributed by atoms with Crippen molar-refractivity contribution < 1.29 is 4.79 Å². The molecule has 0 aliphatic carbocycles. The molecular weight excluding hydrogens is 214 g/mol. The Kier molecular flexibility index (Phi) is 3.23. The standard InChI is InChI=1S/C13H15N3O/c1-3-6-9(2)14-13(17)12-10-7-4-5-8-11(10)15-16-12/h3-5,7-9H,1,6H2,2H3,(H,14,17)(H,15,16). The molecule has 1 heterocycles. The first-order valence-corrected chi connectivity index (χ1v) is 5.57. The van der Waals surface area contributed by atoms with Crippen LogP contribution in [0, 0.1) is 0 Å². The number of H-pyrrole nitrogens is 1. The fraction of sp³-hybridized carbons (Fsp3) is 0.231. The molecule has 0 fully saturated rings. The van der Waals surface area contributed by atoms with Crippen LogP contribution in [0.15, 0.2) is 36.9 Å². The molecular formula is C13H15N3O. The van der Waals surface area contributed by atoms with Crippen LogP contribution in [0.25, 0.3) is 10.9 Å². The smallest absolute Gasteiger partial charge is 0.272 e. The third-order valence-electron chi connectivity index (χ3n) is 2.58. The minimum atomic E-state index is -0.156. The zero-order valence-corrected chi connectivity index (χ0v) is 9.73. The molecule has 0 saturated carbocycles. The van der Waals surface area contributed by atoms with Gasteiger partial charge in [0.05, 0.1) is 5.52 Å². The second kappa shape index (κ2) is 4.82. The molecule has 0 bridgehead atoms. The highest BCUT2D eigenvalue weighted by atomic mass is 16.2. The van der Waals surface area contributed by atoms with E-state index in [2.05, 4.69) is 22.1 Å². The van der Waals surface area contributed by atoms with Gasteiger partial charge in [0.1, 0.15) is 0 Å². The zero-order chi connectivity index (χ0) is 12.3. The number of aromatic nitrogens is 2. The number of hydrogen-bond acceptors (Lipinski definition) is 2. The summed E-state index contributed by atoms with van der Waals surface area (Å²) in [4.78, 5) is 12.0. The van der Waals surface area contributed by atoms with Gasteiger partial charge in [-0.15, -0.1) is 6.58 Å². The highest BCUT2D eigenvalue weighted by Gasteiger charge is 2.14. The van der Waals surface area contributed by atoms with Crippen LogP contribution in [0.3, 0.4) is 0 Å². The number of para-hydroxylation sites is 1. The first-order chi connectivity index (χ1) is 8.22. The maximum Gasteiger partial charge on any atom is 0.272 e. The molecule has 17 heavy (non-hydrogen) atoms. The van der Waals surface area contributed by atoms with E-state index in [1.807, 2.05) is 31.2 Å². The van der Waals surface area contributed by atoms with Crippen molar-refractivity contribution in [2.75, 3.05) is 0 Å². The lowest BCUT2D eigenvalue weighted by Gasteiger charge is -2.10. The molecule has 0 saturated heterocycles. The fourth-order valence-corrected chi connectivity index (χ4v) is 1.74. The molecule has 1 aromatic heterocycles. The second-order valence-corrected chi connectivity index (χ2v) is 4.02. The van der Waals surface area contributed by atoms with Gasteiger partial charge in [0.2, 0.25) is 0 Å². The molecule has 2 N–H and O–H groups in total. The van der Waals surface area contributed by atoms with Gasteiger partial charge in [-0.05, 0) is 19.4 Å². The van der Waals surface area contributed by atoms with Crippen molar-refractivity contribution in [1.29, 1.82) is 0 Å². The van der Waals surface area contributed by atoms with E-state index in [0.29, 0.717) is 5.69 Å². The van der Waals surface area contributed by atoms with Crippen molar-refractivity contribution in [1.82, 2.24) is 15.5 Å². The molecule has 2 aromatic rings. The van der Waals surface area contributed by atoms with E-state index in [9.17, 15) is 4.79 Å². The van der Waals surface area contributed by atoms with E-state index in [4.69, 9.17) is 0 Å². The normalized spacial score (nSPS) is 12.3. The Bertz CT molecular complexity index is 544. The summed E-state index contributed by atoms with van der Waals surface area (Å²) in [5.74, 6) is -0.156. The number of nitrogens with zero attached hydrogens (tertiary/aromatic N) is 1. The average molecular weight is 229 g/mol. The highest BCUT2D eigenvalue weighted by molar-refractivity contribution is 6.04. The van der Waals surface area contributed by atoms with Crippen LogP contribution in [0.1, 0.15) is 23.8 Å². The van der Waals surface area contributed by atoms with Crippen LogP contribution in [-0.4, -0.2) is 22.1 Å². The van der Waals surface area contributed by atoms with Gasteiger partial charge in [-0.1, -0.05) is 24.3 Å². The molecule has 4 nitrogen and oxygen atoms in total. The minimum absolute atomic E-state index is 0.0652. The lowest BCUT2D eigenvalue weighted by atomic mass is 10.2. The number of benzene rings is 1. The van der Waals surface area contributed by atoms with E-state index in [-0.39, 0.29) is 11.9 Å². The van der Waals surface area contributed by atoms with Crippen LogP contribution < -0.4 is 5.32 Å². The zero-order valence-electron chi connectivity index (χ0n) is 9.73. The number of carbonyl (C=O) groups excluding carboxylic acids is 1. The number of carbonyl (C=O) groups is 1. The van der Waals surface area contributed by atoms with Crippen molar-refractivity contribution in [2.45, 2.75) is 19.4 Å².